The van der Waals surface area contributed by atoms with Gasteiger partial charge in [0.25, 0.3) is 0 Å². The summed E-state index contributed by atoms with van der Waals surface area (Å²) in [5.74, 6) is -1.61. The summed E-state index contributed by atoms with van der Waals surface area (Å²) >= 11 is 0. The Morgan fingerprint density at radius 2 is 0.522 bits per heavy atom. The smallest absolute Gasteiger partial charge is 0.222 e. The van der Waals surface area contributed by atoms with E-state index in [9.17, 15) is 161 Å². The average Bonchev–Trinajstić information content (AvgIpc) is 0.829. The van der Waals surface area contributed by atoms with Crippen molar-refractivity contribution in [2.24, 2.45) is 10.8 Å². The van der Waals surface area contributed by atoms with Crippen LogP contribution in [0.15, 0.2) is 0 Å². The summed E-state index contributed by atoms with van der Waals surface area (Å²) in [5.41, 5.74) is -1.61. The number of Topliss-reactive ketones (excluding diaryl/α,β-unsaturated/α-hetero) is 2. The highest BCUT2D eigenvalue weighted by Gasteiger charge is 2.51. The van der Waals surface area contributed by atoms with Crippen molar-refractivity contribution in [2.45, 2.75) is 339 Å². The molecule has 8 fully saturated rings. The van der Waals surface area contributed by atoms with Gasteiger partial charge in [-0.1, -0.05) is 26.7 Å². The molecule has 0 spiro atoms. The van der Waals surface area contributed by atoms with Crippen molar-refractivity contribution < 1.29 is 218 Å². The van der Waals surface area contributed by atoms with Gasteiger partial charge in [0, 0.05) is 130 Å². The molecule has 0 saturated carbocycles. The molecule has 0 radical (unpaired) electrons. The molecule has 26 N–H and O–H groups in total. The number of rotatable bonds is 54. The maximum atomic E-state index is 14.1. The molecular weight excluding hydrogens is 1820 g/mol. The Labute approximate surface area is 787 Å². The van der Waals surface area contributed by atoms with E-state index < -0.39 is 258 Å². The first kappa shape index (κ1) is 118. The van der Waals surface area contributed by atoms with Crippen LogP contribution in [-0.4, -0.2) is 518 Å². The number of hydrogen-bond donors (Lipinski definition) is 26. The summed E-state index contributed by atoms with van der Waals surface area (Å²) in [6, 6.07) is 0. The second-order valence-electron chi connectivity index (χ2n) is 35.9. The van der Waals surface area contributed by atoms with Crippen molar-refractivity contribution >= 4 is 47.0 Å². The van der Waals surface area contributed by atoms with E-state index in [2.05, 4.69) is 10.6 Å². The third kappa shape index (κ3) is 34.5. The summed E-state index contributed by atoms with van der Waals surface area (Å²) in [7, 11) is 0. The molecule has 6 amide bonds. The van der Waals surface area contributed by atoms with Crippen LogP contribution >= 0.6 is 0 Å². The van der Waals surface area contributed by atoms with Crippen LogP contribution < -0.4 is 10.6 Å². The Balaban J connectivity index is 0.000000371. The lowest BCUT2D eigenvalue weighted by atomic mass is 9.72. The molecule has 0 aliphatic carbocycles. The van der Waals surface area contributed by atoms with Crippen molar-refractivity contribution in [1.82, 2.24) is 30.2 Å². The summed E-state index contributed by atoms with van der Waals surface area (Å²) in [5, 5.41) is 247. The predicted molar refractivity (Wildman–Crippen MR) is 458 cm³/mol. The number of ketones is 2. The van der Waals surface area contributed by atoms with E-state index in [1.54, 1.807) is 16.7 Å². The summed E-state index contributed by atoms with van der Waals surface area (Å²) in [4.78, 5) is 111. The fraction of sp³-hybridized carbons (Fsp3) is 0.907. The number of piperidine rings is 2. The number of aliphatic hydroxyl groups excluding tert-OH is 24. The zero-order valence-corrected chi connectivity index (χ0v) is 77.1. The number of amides is 6. The van der Waals surface area contributed by atoms with Crippen LogP contribution in [0.5, 0.6) is 0 Å². The van der Waals surface area contributed by atoms with Gasteiger partial charge in [0.1, 0.15) is 158 Å². The molecule has 50 heteroatoms. The zero-order valence-electron chi connectivity index (χ0n) is 77.1. The molecule has 0 aromatic rings. The van der Waals surface area contributed by atoms with Crippen molar-refractivity contribution in [3.8, 4) is 0 Å². The van der Waals surface area contributed by atoms with Gasteiger partial charge in [-0.05, 0) is 75.0 Å². The van der Waals surface area contributed by atoms with Crippen LogP contribution in [0.4, 0.5) is 0 Å². The molecule has 0 aromatic carbocycles. The van der Waals surface area contributed by atoms with Crippen molar-refractivity contribution in [2.75, 3.05) is 145 Å². The van der Waals surface area contributed by atoms with E-state index >= 15 is 0 Å². The number of ether oxygens (including phenoxy) is 12. The van der Waals surface area contributed by atoms with Gasteiger partial charge in [0.05, 0.1) is 79.3 Å². The minimum Gasteiger partial charge on any atom is -0.394 e. The minimum atomic E-state index is -1.72. The van der Waals surface area contributed by atoms with Gasteiger partial charge in [-0.15, -0.1) is 0 Å². The number of aliphatic hydroxyl groups is 24. The topological polar surface area (TPSA) is 770 Å². The van der Waals surface area contributed by atoms with E-state index in [4.69, 9.17) is 56.8 Å². The molecule has 8 aliphatic rings. The first-order valence-corrected chi connectivity index (χ1v) is 47.0. The maximum absolute atomic E-state index is 14.1. The van der Waals surface area contributed by atoms with Crippen LogP contribution in [0.3, 0.4) is 0 Å². The second-order valence-corrected chi connectivity index (χ2v) is 35.9. The normalized spacial score (nSPS) is 34.1. The Morgan fingerprint density at radius 3 is 0.757 bits per heavy atom. The van der Waals surface area contributed by atoms with Gasteiger partial charge in [-0.25, -0.2) is 0 Å². The third-order valence-corrected chi connectivity index (χ3v) is 26.4. The molecule has 0 unspecified atom stereocenters. The number of carbonyl (C=O) groups excluding carboxylic acids is 8. The first-order valence-electron chi connectivity index (χ1n) is 47.0. The Hall–Kier alpha value is -5.28. The fourth-order valence-electron chi connectivity index (χ4n) is 17.4. The first-order chi connectivity index (χ1) is 64.8. The van der Waals surface area contributed by atoms with Gasteiger partial charge in [0.15, 0.2) is 37.7 Å². The Bertz CT molecular complexity index is 3430. The highest BCUT2D eigenvalue weighted by Crippen LogP contribution is 2.43. The SMILES string of the molecule is CCC(=O)CCCCC(=O)N1CCC(CCC(=O)N(CCO[C@H]2O[C@H](CO)[C@@H](O)[C@H](O)[C@@H]2O)CCO[C@H]2O[C@H](CO)[C@@H](O)[C@H](O)[C@@H]2O)(CC(=O)NCCO[C@H]2O[C@H](CO)[C@@H](O)[C@H](O)[C@@H]2O)CC1.CCC(=O)CCCCCCC(=O)N1CCC(CCC(=O)N(CCO[C@H]2O[C@H](CO)[C@@H](O)[C@H](O)[C@@H]2O)CCO[C@H]2O[C@H](CO)[C@@H](O)[C@H](O)[C@@H]2O)(CC(=O)NCCO[C@H]2O[C@H](CO)[C@@H](O)[C@H](O)[C@@H]2O)CC1. The number of hydrogen-bond acceptors (Lipinski definition) is 44. The largest absolute Gasteiger partial charge is 0.394 e. The molecule has 8 aliphatic heterocycles. The predicted octanol–water partition coefficient (Wildman–Crippen LogP) is -11.8. The number of unbranched alkanes of at least 4 members (excludes halogenated alkanes) is 4. The van der Waals surface area contributed by atoms with Crippen LogP contribution in [-0.2, 0) is 95.2 Å². The molecule has 0 aromatic heterocycles. The van der Waals surface area contributed by atoms with Gasteiger partial charge in [-0.3, -0.25) is 38.4 Å². The van der Waals surface area contributed by atoms with Crippen molar-refractivity contribution in [1.29, 1.82) is 0 Å². The van der Waals surface area contributed by atoms with Crippen LogP contribution in [0.25, 0.3) is 0 Å². The highest BCUT2D eigenvalue weighted by atomic mass is 16.7. The van der Waals surface area contributed by atoms with Gasteiger partial charge >= 0.3 is 0 Å². The van der Waals surface area contributed by atoms with E-state index in [-0.39, 0.29) is 160 Å². The Kier molecular flexibility index (Phi) is 51.1. The van der Waals surface area contributed by atoms with Crippen LogP contribution in [0.2, 0.25) is 0 Å². The number of carbonyl (C=O) groups is 8. The van der Waals surface area contributed by atoms with E-state index in [0.717, 1.165) is 19.3 Å². The van der Waals surface area contributed by atoms with E-state index in [1.807, 2.05) is 6.92 Å². The molecule has 8 rings (SSSR count). The standard InChI is InChI=1S/C44H77N3O22.C42H73N3O22/c1-2-25(51)7-5-3-4-6-8-30(53)46-14-11-44(12-15-46,21-29(52)45-13-18-64-41-38(61)35(58)32(55)26(22-48)67-41)10-9-31(54)47(16-19-65-42-39(62)36(59)33(56)27(23-49)68-42)17-20-66-43-40(63)37(60)34(57)28(24-50)69-43;1-2-23(49)5-3-4-6-28(51)44-12-9-42(10-13-44,19-27(50)43-11-16-62-39-36(59)33(56)30(53)24(20-46)65-39)8-7-29(52)45(14-17-63-40-37(60)34(57)31(54)25(21-47)66-40)15-18-64-41-38(61)35(58)32(55)26(22-48)67-41/h26-28,32-43,48-50,55-63H,2-24H2,1H3,(H,45,52);24-26,30-41,46-48,53-61H,2-22H2,1H3,(H,43,50)/t26-,27-,28-,32-,33-,34-,35+,36+,37+,38+,39+,40+,41+,42+,43+;24-,25-,26-,30-,31-,32-,33+,34+,35+,36+,37+,38+,39+,40+,41+/m11/s1. The third-order valence-electron chi connectivity index (χ3n) is 26.4. The summed E-state index contributed by atoms with van der Waals surface area (Å²) in [6.07, 6.45) is -38.5. The minimum absolute atomic E-state index is 0.0518. The van der Waals surface area contributed by atoms with Gasteiger partial charge < -0.3 is 210 Å². The quantitative estimate of drug-likeness (QED) is 0.0251. The second kappa shape index (κ2) is 59.1. The van der Waals surface area contributed by atoms with E-state index in [0.29, 0.717) is 90.1 Å². The molecule has 30 atom stereocenters. The van der Waals surface area contributed by atoms with E-state index in [1.165, 1.54) is 9.80 Å². The fourth-order valence-corrected chi connectivity index (χ4v) is 17.4. The lowest BCUT2D eigenvalue weighted by Crippen LogP contribution is -2.59. The summed E-state index contributed by atoms with van der Waals surface area (Å²) in [6.45, 7) is -1.83. The lowest BCUT2D eigenvalue weighted by molar-refractivity contribution is -0.303. The molecule has 8 heterocycles. The van der Waals surface area contributed by atoms with Gasteiger partial charge in [0.2, 0.25) is 35.4 Å². The molecule has 0 bridgehead atoms. The van der Waals surface area contributed by atoms with Gasteiger partial charge in [-0.2, -0.15) is 0 Å². The van der Waals surface area contributed by atoms with Crippen LogP contribution in [0, 0.1) is 10.8 Å². The average molecular weight is 1970 g/mol. The molecule has 8 saturated heterocycles. The lowest BCUT2D eigenvalue weighted by Gasteiger charge is -2.42. The van der Waals surface area contributed by atoms with Crippen molar-refractivity contribution in [3.05, 3.63) is 0 Å². The molecule has 50 nitrogen and oxygen atoms in total. The highest BCUT2D eigenvalue weighted by molar-refractivity contribution is 5.81. The number of nitrogens with zero attached hydrogens (tertiary/aromatic N) is 4. The van der Waals surface area contributed by atoms with Crippen LogP contribution in [0.1, 0.15) is 155 Å². The maximum Gasteiger partial charge on any atom is 0.222 e. The Morgan fingerprint density at radius 1 is 0.301 bits per heavy atom. The molecular formula is C86H150N6O44. The number of likely N-dealkylation sites (tertiary alicyclic amines) is 2. The zero-order chi connectivity index (χ0) is 100. The van der Waals surface area contributed by atoms with Crippen molar-refractivity contribution in [3.63, 3.8) is 0 Å². The monoisotopic (exact) mass is 1970 g/mol. The molecule has 136 heavy (non-hydrogen) atoms. The molecule has 788 valence electrons. The summed E-state index contributed by atoms with van der Waals surface area (Å²) < 4.78 is 66.0. The number of nitrogens with one attached hydrogen (secondary N) is 2.